The van der Waals surface area contributed by atoms with Gasteiger partial charge >= 0.3 is 0 Å². The number of nitrogens with zero attached hydrogens (tertiary/aromatic N) is 2. The summed E-state index contributed by atoms with van der Waals surface area (Å²) >= 11 is 3.54. The van der Waals surface area contributed by atoms with Gasteiger partial charge in [-0.25, -0.2) is 0 Å². The lowest BCUT2D eigenvalue weighted by Gasteiger charge is -2.27. The number of aromatic nitrogens is 1. The van der Waals surface area contributed by atoms with Gasteiger partial charge in [-0.2, -0.15) is 10.5 Å². The molecule has 0 bridgehead atoms. The average Bonchev–Trinajstić information content (AvgIpc) is 3.22. The van der Waals surface area contributed by atoms with E-state index >= 15 is 0 Å². The largest absolute Gasteiger partial charge is 0.493 e. The number of halogens is 1. The minimum atomic E-state index is -0.749. The highest BCUT2D eigenvalue weighted by Crippen LogP contribution is 2.47. The highest BCUT2D eigenvalue weighted by Gasteiger charge is 2.36. The van der Waals surface area contributed by atoms with Gasteiger partial charge in [0.1, 0.15) is 11.6 Å². The van der Waals surface area contributed by atoms with Crippen LogP contribution >= 0.6 is 15.9 Å². The number of fused-ring (bicyclic) bond motifs is 1. The third-order valence-electron chi connectivity index (χ3n) is 5.19. The molecule has 1 unspecified atom stereocenters. The van der Waals surface area contributed by atoms with Crippen molar-refractivity contribution in [3.05, 3.63) is 75.2 Å². The van der Waals surface area contributed by atoms with Crippen LogP contribution in [0.25, 0.3) is 16.7 Å². The van der Waals surface area contributed by atoms with Gasteiger partial charge in [0.05, 0.1) is 31.8 Å². The molecule has 1 atom stereocenters. The fraction of sp³-hybridized carbons (Fsp3) is 0.130. The normalized spacial score (nSPS) is 16.0. The molecule has 1 aliphatic heterocycles. The van der Waals surface area contributed by atoms with Crippen LogP contribution in [-0.4, -0.2) is 19.2 Å². The molecule has 0 fully saturated rings. The molecule has 0 spiro atoms. The minimum Gasteiger partial charge on any atom is -0.493 e. The smallest absolute Gasteiger partial charge is 0.205 e. The number of aromatic amines is 1. The number of H-pyrrole nitrogens is 1. The molecule has 0 amide bonds. The number of nitriles is 2. The highest BCUT2D eigenvalue weighted by atomic mass is 79.9. The molecule has 8 heteroatoms. The summed E-state index contributed by atoms with van der Waals surface area (Å²) in [5.74, 6) is 0.493. The van der Waals surface area contributed by atoms with E-state index in [1.54, 1.807) is 18.3 Å². The maximum Gasteiger partial charge on any atom is 0.205 e. The molecule has 3 N–H and O–H groups in total. The predicted molar refractivity (Wildman–Crippen MR) is 119 cm³/mol. The van der Waals surface area contributed by atoms with Crippen molar-refractivity contribution in [2.75, 3.05) is 14.2 Å². The van der Waals surface area contributed by atoms with Crippen molar-refractivity contribution in [1.29, 1.82) is 10.5 Å². The molecule has 1 aromatic heterocycles. The van der Waals surface area contributed by atoms with Gasteiger partial charge in [0, 0.05) is 27.1 Å². The molecule has 7 nitrogen and oxygen atoms in total. The Labute approximate surface area is 187 Å². The van der Waals surface area contributed by atoms with Crippen LogP contribution in [0, 0.1) is 22.7 Å². The fourth-order valence-corrected chi connectivity index (χ4v) is 4.29. The summed E-state index contributed by atoms with van der Waals surface area (Å²) in [5.41, 5.74) is 8.79. The molecule has 0 saturated carbocycles. The van der Waals surface area contributed by atoms with Crippen molar-refractivity contribution in [3.8, 4) is 23.6 Å². The Balaban J connectivity index is 2.00. The van der Waals surface area contributed by atoms with Crippen molar-refractivity contribution in [3.63, 3.8) is 0 Å². The van der Waals surface area contributed by atoms with Crippen molar-refractivity contribution in [2.45, 2.75) is 5.92 Å². The van der Waals surface area contributed by atoms with E-state index in [9.17, 15) is 10.5 Å². The summed E-state index contributed by atoms with van der Waals surface area (Å²) < 4.78 is 17.3. The number of ether oxygens (including phenoxy) is 3. The first-order valence-corrected chi connectivity index (χ1v) is 10.0. The van der Waals surface area contributed by atoms with E-state index in [1.807, 2.05) is 24.3 Å². The van der Waals surface area contributed by atoms with Crippen LogP contribution in [0.15, 0.2) is 64.1 Å². The second-order valence-corrected chi connectivity index (χ2v) is 7.61. The number of methoxy groups -OCH3 is 2. The van der Waals surface area contributed by atoms with E-state index in [2.05, 4.69) is 33.1 Å². The van der Waals surface area contributed by atoms with Gasteiger partial charge < -0.3 is 24.9 Å². The quantitative estimate of drug-likeness (QED) is 0.563. The lowest BCUT2D eigenvalue weighted by atomic mass is 9.82. The Hall–Kier alpha value is -3.88. The van der Waals surface area contributed by atoms with E-state index in [0.29, 0.717) is 32.9 Å². The third-order valence-corrected chi connectivity index (χ3v) is 5.87. The molecular weight excluding hydrogens is 460 g/mol. The molecule has 0 saturated heterocycles. The molecule has 1 aliphatic rings. The maximum atomic E-state index is 10.1. The lowest BCUT2D eigenvalue weighted by molar-refractivity contribution is 0.352. The standard InChI is InChI=1S/C23H17BrN4O3/c1-29-19-7-13(17(24)8-20(19)30-2)21-14(9-25)22(31-23(27)15(21)10-26)16-11-28-18-6-4-3-5-12(16)18/h3-8,11,21,28H,27H2,1-2H3. The summed E-state index contributed by atoms with van der Waals surface area (Å²) in [4.78, 5) is 3.18. The van der Waals surface area contributed by atoms with Crippen LogP contribution in [0.5, 0.6) is 11.5 Å². The minimum absolute atomic E-state index is 0.0477. The van der Waals surface area contributed by atoms with Gasteiger partial charge in [-0.1, -0.05) is 34.1 Å². The van der Waals surface area contributed by atoms with Crippen molar-refractivity contribution in [2.24, 2.45) is 5.73 Å². The van der Waals surface area contributed by atoms with E-state index in [1.165, 1.54) is 14.2 Å². The molecule has 2 heterocycles. The van der Waals surface area contributed by atoms with Crippen molar-refractivity contribution < 1.29 is 14.2 Å². The molecular formula is C23H17BrN4O3. The van der Waals surface area contributed by atoms with Crippen molar-refractivity contribution in [1.82, 2.24) is 4.98 Å². The molecule has 4 rings (SSSR count). The summed E-state index contributed by atoms with van der Waals surface area (Å²) in [6.45, 7) is 0. The Morgan fingerprint density at radius 3 is 2.42 bits per heavy atom. The monoisotopic (exact) mass is 476 g/mol. The molecule has 0 radical (unpaired) electrons. The zero-order chi connectivity index (χ0) is 22.1. The van der Waals surface area contributed by atoms with Crippen LogP contribution in [0.2, 0.25) is 0 Å². The number of hydrogen-bond donors (Lipinski definition) is 2. The SMILES string of the molecule is COc1cc(Br)c(C2C(C#N)=C(N)OC(c3c[nH]c4ccccc34)=C2C#N)cc1OC. The number of para-hydroxylation sites is 1. The molecule has 2 aromatic carbocycles. The molecule has 3 aromatic rings. The first-order valence-electron chi connectivity index (χ1n) is 9.23. The second-order valence-electron chi connectivity index (χ2n) is 6.76. The van der Waals surface area contributed by atoms with E-state index in [-0.39, 0.29) is 17.0 Å². The van der Waals surface area contributed by atoms with Crippen LogP contribution in [0.4, 0.5) is 0 Å². The van der Waals surface area contributed by atoms with Gasteiger partial charge in [-0.05, 0) is 23.8 Å². The second kappa shape index (κ2) is 8.10. The van der Waals surface area contributed by atoms with E-state index < -0.39 is 5.92 Å². The van der Waals surface area contributed by atoms with Gasteiger partial charge in [0.25, 0.3) is 0 Å². The zero-order valence-corrected chi connectivity index (χ0v) is 18.3. The number of hydrogen-bond acceptors (Lipinski definition) is 6. The summed E-state index contributed by atoms with van der Waals surface area (Å²) in [7, 11) is 3.06. The molecule has 0 aliphatic carbocycles. The Morgan fingerprint density at radius 1 is 1.06 bits per heavy atom. The van der Waals surface area contributed by atoms with Crippen LogP contribution in [0.1, 0.15) is 17.0 Å². The van der Waals surface area contributed by atoms with Gasteiger partial charge in [0.2, 0.25) is 5.88 Å². The first kappa shape index (κ1) is 20.4. The summed E-state index contributed by atoms with van der Waals surface area (Å²) in [6.07, 6.45) is 1.77. The summed E-state index contributed by atoms with van der Waals surface area (Å²) in [5, 5.41) is 20.9. The Kier molecular flexibility index (Phi) is 5.33. The zero-order valence-electron chi connectivity index (χ0n) is 16.7. The molecule has 31 heavy (non-hydrogen) atoms. The number of benzene rings is 2. The lowest BCUT2D eigenvalue weighted by Crippen LogP contribution is -2.20. The predicted octanol–water partition coefficient (Wildman–Crippen LogP) is 4.69. The average molecular weight is 477 g/mol. The van der Waals surface area contributed by atoms with Crippen LogP contribution in [0.3, 0.4) is 0 Å². The summed E-state index contributed by atoms with van der Waals surface area (Å²) in [6, 6.07) is 15.5. The number of nitrogens with two attached hydrogens (primary N) is 1. The number of rotatable bonds is 4. The van der Waals surface area contributed by atoms with Gasteiger partial charge in [-0.3, -0.25) is 0 Å². The number of nitrogens with one attached hydrogen (secondary N) is 1. The third kappa shape index (κ3) is 3.27. The Bertz CT molecular complexity index is 1340. The van der Waals surface area contributed by atoms with Crippen LogP contribution < -0.4 is 15.2 Å². The van der Waals surface area contributed by atoms with Crippen LogP contribution in [-0.2, 0) is 4.74 Å². The Morgan fingerprint density at radius 2 is 1.74 bits per heavy atom. The highest BCUT2D eigenvalue weighted by molar-refractivity contribution is 9.10. The van der Waals surface area contributed by atoms with E-state index in [4.69, 9.17) is 19.9 Å². The molecule has 154 valence electrons. The van der Waals surface area contributed by atoms with Gasteiger partial charge in [-0.15, -0.1) is 0 Å². The first-order chi connectivity index (χ1) is 15.0. The van der Waals surface area contributed by atoms with Crippen molar-refractivity contribution >= 4 is 32.6 Å². The number of allylic oxidation sites excluding steroid dienone is 2. The maximum absolute atomic E-state index is 10.1. The fourth-order valence-electron chi connectivity index (χ4n) is 3.73. The topological polar surface area (TPSA) is 117 Å². The van der Waals surface area contributed by atoms with Gasteiger partial charge in [0.15, 0.2) is 17.3 Å². The van der Waals surface area contributed by atoms with E-state index in [0.717, 1.165) is 10.9 Å².